The first-order valence-electron chi connectivity index (χ1n) is 13.2. The van der Waals surface area contributed by atoms with Gasteiger partial charge in [-0.15, -0.1) is 0 Å². The average molecular weight is 531 g/mol. The van der Waals surface area contributed by atoms with Gasteiger partial charge in [-0.25, -0.2) is 9.97 Å². The van der Waals surface area contributed by atoms with Crippen molar-refractivity contribution >= 4 is 34.2 Å². The quantitative estimate of drug-likeness (QED) is 0.272. The molecule has 3 N–H and O–H groups in total. The number of likely N-dealkylation sites (tertiary alicyclic amines) is 1. The lowest BCUT2D eigenvalue weighted by molar-refractivity contribution is 0.104. The predicted octanol–water partition coefficient (Wildman–Crippen LogP) is 5.12. The highest BCUT2D eigenvalue weighted by Gasteiger charge is 2.26. The molecule has 9 heteroatoms. The fraction of sp³-hybridized carbons (Fsp3) is 0.345. The van der Waals surface area contributed by atoms with Crippen molar-refractivity contribution in [1.82, 2.24) is 25.2 Å². The van der Waals surface area contributed by atoms with Gasteiger partial charge in [0.15, 0.2) is 5.78 Å². The van der Waals surface area contributed by atoms with Crippen LogP contribution in [0.3, 0.4) is 0 Å². The Balaban J connectivity index is 1.17. The predicted molar refractivity (Wildman–Crippen MR) is 149 cm³/mol. The van der Waals surface area contributed by atoms with E-state index < -0.39 is 0 Å². The Morgan fingerprint density at radius 1 is 1.05 bits per heavy atom. The molecule has 38 heavy (non-hydrogen) atoms. The number of hydrogen-bond acceptors (Lipinski definition) is 7. The Kier molecular flexibility index (Phi) is 7.27. The van der Waals surface area contributed by atoms with Gasteiger partial charge in [-0.2, -0.15) is 0 Å². The van der Waals surface area contributed by atoms with Crippen molar-refractivity contribution in [2.24, 2.45) is 5.92 Å². The van der Waals surface area contributed by atoms with E-state index in [4.69, 9.17) is 16.3 Å². The summed E-state index contributed by atoms with van der Waals surface area (Å²) >= 11 is 6.56. The Bertz CT molecular complexity index is 1410. The fourth-order valence-corrected chi connectivity index (χ4v) is 5.71. The van der Waals surface area contributed by atoms with Crippen LogP contribution in [0.1, 0.15) is 35.2 Å². The summed E-state index contributed by atoms with van der Waals surface area (Å²) in [7, 11) is 0. The molecular weight excluding hydrogens is 500 g/mol. The molecule has 2 aliphatic rings. The summed E-state index contributed by atoms with van der Waals surface area (Å²) in [6, 6.07) is 14.9. The standard InChI is InChI=1S/C29H31ClN6O2/c30-25-14-22(38-21-4-2-1-3-5-21)6-7-23(25)27(37)24-16-32-28-26(24)29(34-18-33-28)35-20-9-12-36(13-10-20)17-19-8-11-31-15-19/h1-7,14,16,18-20,31H,8-13,15,17H2,(H2,32,33,34,35). The zero-order chi connectivity index (χ0) is 25.9. The molecule has 6 rings (SSSR count). The molecule has 0 saturated carbocycles. The van der Waals surface area contributed by atoms with Crippen molar-refractivity contribution in [3.63, 3.8) is 0 Å². The van der Waals surface area contributed by atoms with E-state index in [0.29, 0.717) is 50.5 Å². The van der Waals surface area contributed by atoms with Gasteiger partial charge in [0.1, 0.15) is 29.3 Å². The molecule has 2 aromatic carbocycles. The lowest BCUT2D eigenvalue weighted by Gasteiger charge is -2.34. The number of H-pyrrole nitrogens is 1. The number of carbonyl (C=O) groups excluding carboxylic acids is 1. The van der Waals surface area contributed by atoms with Crippen molar-refractivity contribution in [1.29, 1.82) is 0 Å². The maximum Gasteiger partial charge on any atom is 0.196 e. The number of halogens is 1. The molecule has 2 fully saturated rings. The molecule has 1 atom stereocenters. The second kappa shape index (κ2) is 11.1. The number of piperidine rings is 1. The fourth-order valence-electron chi connectivity index (χ4n) is 5.45. The molecule has 2 saturated heterocycles. The van der Waals surface area contributed by atoms with E-state index in [0.717, 1.165) is 44.9 Å². The summed E-state index contributed by atoms with van der Waals surface area (Å²) in [5.41, 5.74) is 1.52. The number of hydrogen-bond donors (Lipinski definition) is 3. The van der Waals surface area contributed by atoms with Crippen LogP contribution in [-0.2, 0) is 0 Å². The highest BCUT2D eigenvalue weighted by Crippen LogP contribution is 2.32. The summed E-state index contributed by atoms with van der Waals surface area (Å²) < 4.78 is 5.86. The molecule has 4 heterocycles. The van der Waals surface area contributed by atoms with Gasteiger partial charge in [0, 0.05) is 43.5 Å². The van der Waals surface area contributed by atoms with Crippen LogP contribution in [0, 0.1) is 5.92 Å². The van der Waals surface area contributed by atoms with Crippen molar-refractivity contribution in [2.75, 3.05) is 38.0 Å². The number of para-hydroxylation sites is 1. The highest BCUT2D eigenvalue weighted by molar-refractivity contribution is 6.35. The van der Waals surface area contributed by atoms with Crippen LogP contribution in [0.25, 0.3) is 11.0 Å². The summed E-state index contributed by atoms with van der Waals surface area (Å²) in [6.07, 6.45) is 6.56. The Labute approximate surface area is 226 Å². The van der Waals surface area contributed by atoms with Crippen molar-refractivity contribution < 1.29 is 9.53 Å². The molecule has 8 nitrogen and oxygen atoms in total. The number of benzene rings is 2. The van der Waals surface area contributed by atoms with Gasteiger partial charge in [-0.1, -0.05) is 29.8 Å². The summed E-state index contributed by atoms with van der Waals surface area (Å²) in [5, 5.41) is 8.09. The third kappa shape index (κ3) is 5.38. The number of aromatic amines is 1. The molecule has 0 bridgehead atoms. The lowest BCUT2D eigenvalue weighted by atomic mass is 10.0. The first-order valence-corrected chi connectivity index (χ1v) is 13.6. The number of ketones is 1. The van der Waals surface area contributed by atoms with E-state index in [2.05, 4.69) is 30.5 Å². The van der Waals surface area contributed by atoms with Crippen LogP contribution in [-0.4, -0.2) is 64.4 Å². The molecule has 0 radical (unpaired) electrons. The number of aromatic nitrogens is 3. The van der Waals surface area contributed by atoms with Crippen LogP contribution < -0.4 is 15.4 Å². The molecular formula is C29H31ClN6O2. The SMILES string of the molecule is O=C(c1ccc(Oc2ccccc2)cc1Cl)c1c[nH]c2ncnc(NC3CCN(CC4CCNC4)CC3)c12. The van der Waals surface area contributed by atoms with E-state index in [1.54, 1.807) is 24.4 Å². The molecule has 4 aromatic rings. The minimum absolute atomic E-state index is 0.189. The second-order valence-electron chi connectivity index (χ2n) is 10.1. The number of ether oxygens (including phenoxy) is 1. The van der Waals surface area contributed by atoms with E-state index >= 15 is 0 Å². The molecule has 196 valence electrons. The van der Waals surface area contributed by atoms with Gasteiger partial charge in [0.2, 0.25) is 0 Å². The largest absolute Gasteiger partial charge is 0.457 e. The molecule has 2 aromatic heterocycles. The molecule has 2 aliphatic heterocycles. The Morgan fingerprint density at radius 3 is 2.66 bits per heavy atom. The van der Waals surface area contributed by atoms with Crippen LogP contribution >= 0.6 is 11.6 Å². The number of fused-ring (bicyclic) bond motifs is 1. The van der Waals surface area contributed by atoms with E-state index in [-0.39, 0.29) is 5.78 Å². The maximum absolute atomic E-state index is 13.6. The van der Waals surface area contributed by atoms with Gasteiger partial charge < -0.3 is 25.3 Å². The van der Waals surface area contributed by atoms with Crippen LogP contribution in [0.5, 0.6) is 11.5 Å². The van der Waals surface area contributed by atoms with Crippen molar-refractivity contribution in [3.05, 3.63) is 77.2 Å². The maximum atomic E-state index is 13.6. The minimum atomic E-state index is -0.189. The topological polar surface area (TPSA) is 95.2 Å². The molecule has 0 amide bonds. The first kappa shape index (κ1) is 24.9. The highest BCUT2D eigenvalue weighted by atomic mass is 35.5. The number of anilines is 1. The second-order valence-corrected chi connectivity index (χ2v) is 10.5. The van der Waals surface area contributed by atoms with E-state index in [9.17, 15) is 4.79 Å². The zero-order valence-corrected chi connectivity index (χ0v) is 21.9. The van der Waals surface area contributed by atoms with Gasteiger partial charge in [0.25, 0.3) is 0 Å². The monoisotopic (exact) mass is 530 g/mol. The smallest absolute Gasteiger partial charge is 0.196 e. The molecule has 1 unspecified atom stereocenters. The van der Waals surface area contributed by atoms with Gasteiger partial charge in [-0.3, -0.25) is 4.79 Å². The summed E-state index contributed by atoms with van der Waals surface area (Å²) in [4.78, 5) is 28.2. The lowest BCUT2D eigenvalue weighted by Crippen LogP contribution is -2.41. The van der Waals surface area contributed by atoms with Gasteiger partial charge in [0.05, 0.1) is 16.0 Å². The third-order valence-corrected chi connectivity index (χ3v) is 7.80. The summed E-state index contributed by atoms with van der Waals surface area (Å²) in [5.74, 6) is 2.52. The number of nitrogens with one attached hydrogen (secondary N) is 3. The molecule has 0 aliphatic carbocycles. The normalized spacial score (nSPS) is 18.6. The van der Waals surface area contributed by atoms with Crippen LogP contribution in [0.4, 0.5) is 5.82 Å². The third-order valence-electron chi connectivity index (χ3n) is 7.49. The molecule has 0 spiro atoms. The van der Waals surface area contributed by atoms with E-state index in [1.165, 1.54) is 19.3 Å². The van der Waals surface area contributed by atoms with Gasteiger partial charge >= 0.3 is 0 Å². The number of rotatable bonds is 8. The van der Waals surface area contributed by atoms with Gasteiger partial charge in [-0.05, 0) is 62.5 Å². The summed E-state index contributed by atoms with van der Waals surface area (Å²) in [6.45, 7) is 5.57. The van der Waals surface area contributed by atoms with Crippen LogP contribution in [0.15, 0.2) is 61.1 Å². The van der Waals surface area contributed by atoms with Crippen molar-refractivity contribution in [3.8, 4) is 11.5 Å². The number of carbonyl (C=O) groups is 1. The van der Waals surface area contributed by atoms with E-state index in [1.807, 2.05) is 30.3 Å². The zero-order valence-electron chi connectivity index (χ0n) is 21.1. The van der Waals surface area contributed by atoms with Crippen LogP contribution in [0.2, 0.25) is 5.02 Å². The van der Waals surface area contributed by atoms with Crippen molar-refractivity contribution in [2.45, 2.75) is 25.3 Å². The minimum Gasteiger partial charge on any atom is -0.457 e. The Hall–Kier alpha value is -3.46. The Morgan fingerprint density at radius 2 is 1.89 bits per heavy atom. The number of nitrogens with zero attached hydrogens (tertiary/aromatic N) is 3. The first-order chi connectivity index (χ1) is 18.6. The average Bonchev–Trinajstić information content (AvgIpc) is 3.61.